The minimum atomic E-state index is -1.18. The Kier molecular flexibility index (Phi) is 5.30. The number of carbonyl (C=O) groups is 2. The molecule has 5 nitrogen and oxygen atoms in total. The van der Waals surface area contributed by atoms with Gasteiger partial charge in [0.25, 0.3) is 0 Å². The van der Waals surface area contributed by atoms with Crippen molar-refractivity contribution in [2.24, 2.45) is 11.7 Å². The van der Waals surface area contributed by atoms with Crippen molar-refractivity contribution in [2.75, 3.05) is 0 Å². The molecule has 18 heavy (non-hydrogen) atoms. The molecular weight excluding hydrogens is 302 g/mol. The number of hydrogen-bond acceptors (Lipinski definition) is 3. The van der Waals surface area contributed by atoms with Crippen molar-refractivity contribution < 1.29 is 19.8 Å². The molecule has 1 aromatic rings. The van der Waals surface area contributed by atoms with Gasteiger partial charge in [0.15, 0.2) is 0 Å². The topological polar surface area (TPSA) is 101 Å². The van der Waals surface area contributed by atoms with E-state index in [9.17, 15) is 9.59 Å². The summed E-state index contributed by atoms with van der Waals surface area (Å²) < 4.78 is 0.853. The van der Waals surface area contributed by atoms with Gasteiger partial charge in [0.2, 0.25) is 0 Å². The molecule has 2 atom stereocenters. The quantitative estimate of drug-likeness (QED) is 0.738. The summed E-state index contributed by atoms with van der Waals surface area (Å²) in [6.45, 7) is 0. The monoisotopic (exact) mass is 315 g/mol. The Balaban J connectivity index is 2.75. The average Bonchev–Trinajstić information content (AvgIpc) is 2.27. The molecule has 0 aliphatic heterocycles. The minimum absolute atomic E-state index is 0.0861. The molecule has 0 amide bonds. The van der Waals surface area contributed by atoms with Gasteiger partial charge in [0.1, 0.15) is 6.04 Å². The second-order valence-electron chi connectivity index (χ2n) is 4.05. The van der Waals surface area contributed by atoms with E-state index in [-0.39, 0.29) is 12.8 Å². The first-order valence-corrected chi connectivity index (χ1v) is 6.15. The van der Waals surface area contributed by atoms with Crippen molar-refractivity contribution in [1.29, 1.82) is 0 Å². The highest BCUT2D eigenvalue weighted by Crippen LogP contribution is 2.18. The van der Waals surface area contributed by atoms with Gasteiger partial charge in [-0.05, 0) is 30.5 Å². The molecule has 1 aromatic carbocycles. The summed E-state index contributed by atoms with van der Waals surface area (Å²) in [4.78, 5) is 21.7. The molecule has 0 radical (unpaired) electrons. The smallest absolute Gasteiger partial charge is 0.320 e. The van der Waals surface area contributed by atoms with Crippen LogP contribution in [-0.4, -0.2) is 28.2 Å². The Morgan fingerprint density at radius 1 is 1.28 bits per heavy atom. The molecular formula is C12H14BrNO4. The number of hydrogen-bond donors (Lipinski definition) is 3. The van der Waals surface area contributed by atoms with E-state index in [4.69, 9.17) is 15.9 Å². The third-order valence-electron chi connectivity index (χ3n) is 2.58. The lowest BCUT2D eigenvalue weighted by molar-refractivity contribution is -0.143. The summed E-state index contributed by atoms with van der Waals surface area (Å²) in [5.74, 6) is -3.02. The van der Waals surface area contributed by atoms with E-state index in [1.807, 2.05) is 12.1 Å². The summed E-state index contributed by atoms with van der Waals surface area (Å²) in [5, 5.41) is 17.8. The lowest BCUT2D eigenvalue weighted by Gasteiger charge is -2.15. The highest BCUT2D eigenvalue weighted by molar-refractivity contribution is 9.10. The zero-order valence-electron chi connectivity index (χ0n) is 9.54. The molecule has 1 rings (SSSR count). The predicted molar refractivity (Wildman–Crippen MR) is 69.2 cm³/mol. The molecule has 6 heteroatoms. The SMILES string of the molecule is N[C@H](C[C@H](Cc1cccc(Br)c1)C(=O)O)C(=O)O. The summed E-state index contributed by atoms with van der Waals surface area (Å²) in [6.07, 6.45) is 0.174. The Morgan fingerprint density at radius 2 is 1.94 bits per heavy atom. The lowest BCUT2D eigenvalue weighted by Crippen LogP contribution is -2.35. The number of aliphatic carboxylic acids is 2. The molecule has 0 fully saturated rings. The van der Waals surface area contributed by atoms with Crippen LogP contribution < -0.4 is 5.73 Å². The number of nitrogens with two attached hydrogens (primary N) is 1. The summed E-state index contributed by atoms with van der Waals surface area (Å²) in [7, 11) is 0. The van der Waals surface area contributed by atoms with Crippen molar-refractivity contribution in [2.45, 2.75) is 18.9 Å². The van der Waals surface area contributed by atoms with Gasteiger partial charge in [-0.25, -0.2) is 0 Å². The first-order valence-electron chi connectivity index (χ1n) is 5.35. The van der Waals surface area contributed by atoms with E-state index in [1.165, 1.54) is 0 Å². The third-order valence-corrected chi connectivity index (χ3v) is 3.07. The van der Waals surface area contributed by atoms with Crippen LogP contribution in [0.15, 0.2) is 28.7 Å². The Morgan fingerprint density at radius 3 is 2.44 bits per heavy atom. The fourth-order valence-corrected chi connectivity index (χ4v) is 2.07. The molecule has 0 bridgehead atoms. The fourth-order valence-electron chi connectivity index (χ4n) is 1.63. The first kappa shape index (κ1) is 14.7. The molecule has 98 valence electrons. The van der Waals surface area contributed by atoms with Gasteiger partial charge in [-0.15, -0.1) is 0 Å². The van der Waals surface area contributed by atoms with Crippen molar-refractivity contribution in [3.8, 4) is 0 Å². The van der Waals surface area contributed by atoms with Crippen LogP contribution in [-0.2, 0) is 16.0 Å². The van der Waals surface area contributed by atoms with Crippen LogP contribution in [0.25, 0.3) is 0 Å². The first-order chi connectivity index (χ1) is 8.40. The molecule has 4 N–H and O–H groups in total. The van der Waals surface area contributed by atoms with E-state index in [0.717, 1.165) is 10.0 Å². The maximum atomic E-state index is 11.1. The van der Waals surface area contributed by atoms with Crippen LogP contribution >= 0.6 is 15.9 Å². The van der Waals surface area contributed by atoms with Crippen LogP contribution in [0.1, 0.15) is 12.0 Å². The summed E-state index contributed by atoms with van der Waals surface area (Å²) in [5.41, 5.74) is 6.19. The summed E-state index contributed by atoms with van der Waals surface area (Å²) in [6, 6.07) is 6.09. The third kappa shape index (κ3) is 4.46. The number of carboxylic acids is 2. The van der Waals surface area contributed by atoms with Crippen molar-refractivity contribution in [3.63, 3.8) is 0 Å². The predicted octanol–water partition coefficient (Wildman–Crippen LogP) is 1.49. The van der Waals surface area contributed by atoms with E-state index in [0.29, 0.717) is 0 Å². The van der Waals surface area contributed by atoms with Gasteiger partial charge < -0.3 is 15.9 Å². The molecule has 0 unspecified atom stereocenters. The van der Waals surface area contributed by atoms with Crippen LogP contribution in [0, 0.1) is 5.92 Å². The van der Waals surface area contributed by atoms with Crippen LogP contribution in [0.2, 0.25) is 0 Å². The van der Waals surface area contributed by atoms with Gasteiger partial charge in [0.05, 0.1) is 5.92 Å². The van der Waals surface area contributed by atoms with E-state index in [2.05, 4.69) is 15.9 Å². The maximum Gasteiger partial charge on any atom is 0.320 e. The van der Waals surface area contributed by atoms with Crippen molar-refractivity contribution >= 4 is 27.9 Å². The Hall–Kier alpha value is -1.40. The fraction of sp³-hybridized carbons (Fsp3) is 0.333. The maximum absolute atomic E-state index is 11.1. The summed E-state index contributed by atoms with van der Waals surface area (Å²) >= 11 is 3.30. The second kappa shape index (κ2) is 6.51. The second-order valence-corrected chi connectivity index (χ2v) is 4.97. The number of halogens is 1. The van der Waals surface area contributed by atoms with Gasteiger partial charge in [-0.3, -0.25) is 9.59 Å². The molecule has 0 aliphatic carbocycles. The standard InChI is InChI=1S/C12H14BrNO4/c13-9-3-1-2-7(5-9)4-8(11(15)16)6-10(14)12(17)18/h1-3,5,8,10H,4,6,14H2,(H,15,16)(H,17,18)/t8-,10+/m0/s1. The number of carboxylic acid groups (broad SMARTS) is 2. The molecule has 0 heterocycles. The molecule has 0 saturated carbocycles. The molecule has 0 saturated heterocycles. The average molecular weight is 316 g/mol. The normalized spacial score (nSPS) is 13.9. The lowest BCUT2D eigenvalue weighted by atomic mass is 9.93. The van der Waals surface area contributed by atoms with E-state index in [1.54, 1.807) is 12.1 Å². The molecule has 0 aliphatic rings. The number of benzene rings is 1. The highest BCUT2D eigenvalue weighted by atomic mass is 79.9. The molecule has 0 aromatic heterocycles. The van der Waals surface area contributed by atoms with Crippen LogP contribution in [0.3, 0.4) is 0 Å². The largest absolute Gasteiger partial charge is 0.481 e. The van der Waals surface area contributed by atoms with E-state index < -0.39 is 23.9 Å². The highest BCUT2D eigenvalue weighted by Gasteiger charge is 2.24. The zero-order valence-corrected chi connectivity index (χ0v) is 11.1. The number of rotatable bonds is 6. The van der Waals surface area contributed by atoms with Crippen molar-refractivity contribution in [3.05, 3.63) is 34.3 Å². The Labute approximate surface area is 113 Å². The van der Waals surface area contributed by atoms with Gasteiger partial charge in [-0.1, -0.05) is 28.1 Å². The van der Waals surface area contributed by atoms with Crippen LogP contribution in [0.5, 0.6) is 0 Å². The van der Waals surface area contributed by atoms with Gasteiger partial charge in [0, 0.05) is 4.47 Å². The van der Waals surface area contributed by atoms with Crippen molar-refractivity contribution in [1.82, 2.24) is 0 Å². The van der Waals surface area contributed by atoms with Gasteiger partial charge in [-0.2, -0.15) is 0 Å². The molecule has 0 spiro atoms. The Bertz CT molecular complexity index is 449. The van der Waals surface area contributed by atoms with Crippen LogP contribution in [0.4, 0.5) is 0 Å². The van der Waals surface area contributed by atoms with E-state index >= 15 is 0 Å². The minimum Gasteiger partial charge on any atom is -0.481 e. The zero-order chi connectivity index (χ0) is 13.7. The van der Waals surface area contributed by atoms with Gasteiger partial charge >= 0.3 is 11.9 Å².